The van der Waals surface area contributed by atoms with Gasteiger partial charge in [0.15, 0.2) is 5.16 Å². The van der Waals surface area contributed by atoms with Gasteiger partial charge in [0.1, 0.15) is 4.83 Å². The van der Waals surface area contributed by atoms with Crippen LogP contribution in [0.2, 0.25) is 0 Å². The Morgan fingerprint density at radius 3 is 2.80 bits per heavy atom. The number of hydrogen-bond donors (Lipinski definition) is 1. The maximum absolute atomic E-state index is 13.3. The van der Waals surface area contributed by atoms with Gasteiger partial charge in [-0.1, -0.05) is 32.5 Å². The summed E-state index contributed by atoms with van der Waals surface area (Å²) in [6, 6.07) is 0. The van der Waals surface area contributed by atoms with E-state index in [-0.39, 0.29) is 5.56 Å². The van der Waals surface area contributed by atoms with Gasteiger partial charge in [0.05, 0.1) is 10.6 Å². The summed E-state index contributed by atoms with van der Waals surface area (Å²) in [6.45, 7) is 8.76. The van der Waals surface area contributed by atoms with Crippen LogP contribution in [0.5, 0.6) is 0 Å². The molecule has 136 valence electrons. The number of aromatic nitrogens is 2. The van der Waals surface area contributed by atoms with Crippen LogP contribution in [0.4, 0.5) is 0 Å². The molecule has 0 saturated carbocycles. The summed E-state index contributed by atoms with van der Waals surface area (Å²) in [7, 11) is 0. The second kappa shape index (κ2) is 7.11. The predicted molar refractivity (Wildman–Crippen MR) is 104 cm³/mol. The number of rotatable bonds is 5. The van der Waals surface area contributed by atoms with E-state index in [2.05, 4.69) is 20.8 Å². The van der Waals surface area contributed by atoms with Crippen molar-refractivity contribution < 1.29 is 4.79 Å². The molecule has 0 saturated heterocycles. The van der Waals surface area contributed by atoms with Crippen LogP contribution >= 0.6 is 23.1 Å². The molecule has 0 aromatic carbocycles. The minimum absolute atomic E-state index is 0.0323. The first-order valence-electron chi connectivity index (χ1n) is 8.79. The summed E-state index contributed by atoms with van der Waals surface area (Å²) < 4.78 is 1.74. The maximum atomic E-state index is 13.3. The summed E-state index contributed by atoms with van der Waals surface area (Å²) in [5.74, 6) is 0.576. The number of thioether (sulfide) groups is 1. The smallest absolute Gasteiger partial charge is 0.263 e. The van der Waals surface area contributed by atoms with Crippen LogP contribution in [0.1, 0.15) is 44.6 Å². The van der Waals surface area contributed by atoms with E-state index >= 15 is 0 Å². The van der Waals surface area contributed by atoms with Gasteiger partial charge in [0, 0.05) is 11.4 Å². The first-order chi connectivity index (χ1) is 11.8. The number of nitrogens with zero attached hydrogens (tertiary/aromatic N) is 2. The molecule has 0 aliphatic heterocycles. The van der Waals surface area contributed by atoms with Gasteiger partial charge in [0.25, 0.3) is 5.56 Å². The molecule has 0 fully saturated rings. The van der Waals surface area contributed by atoms with Crippen molar-refractivity contribution in [3.05, 3.63) is 20.8 Å². The number of carbonyl (C=O) groups excluding carboxylic acids is 1. The van der Waals surface area contributed by atoms with Crippen LogP contribution in [-0.2, 0) is 24.2 Å². The van der Waals surface area contributed by atoms with Crippen LogP contribution in [0.3, 0.4) is 0 Å². The summed E-state index contributed by atoms with van der Waals surface area (Å²) in [5, 5.41) is 0.977. The molecule has 2 unspecified atom stereocenters. The van der Waals surface area contributed by atoms with Gasteiger partial charge in [-0.15, -0.1) is 11.3 Å². The molecule has 2 aromatic rings. The fourth-order valence-electron chi connectivity index (χ4n) is 3.24. The van der Waals surface area contributed by atoms with Gasteiger partial charge in [-0.25, -0.2) is 4.98 Å². The zero-order chi connectivity index (χ0) is 18.3. The van der Waals surface area contributed by atoms with Gasteiger partial charge in [0.2, 0.25) is 5.91 Å². The molecule has 0 spiro atoms. The molecule has 5 nitrogen and oxygen atoms in total. The number of aryl methyl sites for hydroxylation is 1. The van der Waals surface area contributed by atoms with E-state index in [4.69, 9.17) is 10.7 Å². The van der Waals surface area contributed by atoms with E-state index in [9.17, 15) is 9.59 Å². The quantitative estimate of drug-likeness (QED) is 0.639. The van der Waals surface area contributed by atoms with E-state index < -0.39 is 11.2 Å². The third-order valence-electron chi connectivity index (χ3n) is 4.61. The lowest BCUT2D eigenvalue weighted by Crippen LogP contribution is -2.28. The Balaban J connectivity index is 2.18. The van der Waals surface area contributed by atoms with E-state index in [1.807, 2.05) is 0 Å². The molecule has 1 aliphatic rings. The van der Waals surface area contributed by atoms with Crippen molar-refractivity contribution >= 4 is 39.2 Å². The summed E-state index contributed by atoms with van der Waals surface area (Å²) in [6.07, 6.45) is 3.11. The Morgan fingerprint density at radius 2 is 2.16 bits per heavy atom. The summed E-state index contributed by atoms with van der Waals surface area (Å²) in [5.41, 5.74) is 6.64. The highest BCUT2D eigenvalue weighted by atomic mass is 32.2. The normalized spacial score (nSPS) is 18.5. The highest BCUT2D eigenvalue weighted by Gasteiger charge is 2.25. The van der Waals surface area contributed by atoms with Crippen LogP contribution in [-0.4, -0.2) is 20.7 Å². The topological polar surface area (TPSA) is 78.0 Å². The SMILES string of the molecule is CC(C)Cn1c(SC(C)C(N)=O)nc2sc3c(c2c1=O)CCC(C)C3. The van der Waals surface area contributed by atoms with Crippen molar-refractivity contribution in [3.8, 4) is 0 Å². The molecular formula is C18H25N3O2S2. The Labute approximate surface area is 156 Å². The van der Waals surface area contributed by atoms with Crippen molar-refractivity contribution in [2.24, 2.45) is 17.6 Å². The minimum Gasteiger partial charge on any atom is -0.369 e. The summed E-state index contributed by atoms with van der Waals surface area (Å²) >= 11 is 2.92. The Bertz CT molecular complexity index is 869. The van der Waals surface area contributed by atoms with Gasteiger partial charge < -0.3 is 5.73 Å². The number of carbonyl (C=O) groups is 1. The van der Waals surface area contributed by atoms with Crippen LogP contribution in [0.15, 0.2) is 9.95 Å². The minimum atomic E-state index is -0.419. The van der Waals surface area contributed by atoms with E-state index in [1.165, 1.54) is 22.2 Å². The number of fused-ring (bicyclic) bond motifs is 3. The van der Waals surface area contributed by atoms with Crippen molar-refractivity contribution in [2.75, 3.05) is 0 Å². The number of hydrogen-bond acceptors (Lipinski definition) is 5. The van der Waals surface area contributed by atoms with E-state index in [1.54, 1.807) is 22.8 Å². The van der Waals surface area contributed by atoms with Crippen molar-refractivity contribution in [1.29, 1.82) is 0 Å². The second-order valence-electron chi connectivity index (χ2n) is 7.40. The third kappa shape index (κ3) is 3.62. The Hall–Kier alpha value is -1.34. The highest BCUT2D eigenvalue weighted by molar-refractivity contribution is 8.00. The lowest BCUT2D eigenvalue weighted by atomic mass is 9.89. The molecular weight excluding hydrogens is 354 g/mol. The first kappa shape index (κ1) is 18.5. The molecule has 1 amide bonds. The number of primary amides is 1. The molecule has 3 rings (SSSR count). The lowest BCUT2D eigenvalue weighted by molar-refractivity contribution is -0.117. The molecule has 0 bridgehead atoms. The van der Waals surface area contributed by atoms with E-state index in [0.717, 1.165) is 29.5 Å². The van der Waals surface area contributed by atoms with Gasteiger partial charge in [-0.2, -0.15) is 0 Å². The number of nitrogens with two attached hydrogens (primary N) is 1. The predicted octanol–water partition coefficient (Wildman–Crippen LogP) is 3.20. The Morgan fingerprint density at radius 1 is 1.44 bits per heavy atom. The van der Waals surface area contributed by atoms with Crippen molar-refractivity contribution in [3.63, 3.8) is 0 Å². The monoisotopic (exact) mass is 379 g/mol. The highest BCUT2D eigenvalue weighted by Crippen LogP contribution is 2.37. The molecule has 1 aliphatic carbocycles. The largest absolute Gasteiger partial charge is 0.369 e. The van der Waals surface area contributed by atoms with Crippen LogP contribution < -0.4 is 11.3 Å². The van der Waals surface area contributed by atoms with Crippen LogP contribution in [0, 0.1) is 11.8 Å². The number of thiophene rings is 1. The average Bonchev–Trinajstić information content (AvgIpc) is 2.87. The van der Waals surface area contributed by atoms with Gasteiger partial charge in [-0.3, -0.25) is 14.2 Å². The molecule has 7 heteroatoms. The fourth-order valence-corrected chi connectivity index (χ4v) is 5.53. The molecule has 0 radical (unpaired) electrons. The van der Waals surface area contributed by atoms with Crippen molar-refractivity contribution in [2.45, 2.75) is 63.9 Å². The second-order valence-corrected chi connectivity index (χ2v) is 9.79. The first-order valence-corrected chi connectivity index (χ1v) is 10.5. The molecule has 2 heterocycles. The average molecular weight is 380 g/mol. The molecule has 2 atom stereocenters. The zero-order valence-electron chi connectivity index (χ0n) is 15.2. The lowest BCUT2D eigenvalue weighted by Gasteiger charge is -2.18. The number of amides is 1. The molecule has 25 heavy (non-hydrogen) atoms. The van der Waals surface area contributed by atoms with Crippen molar-refractivity contribution in [1.82, 2.24) is 9.55 Å². The Kier molecular flexibility index (Phi) is 5.25. The summed E-state index contributed by atoms with van der Waals surface area (Å²) in [4.78, 5) is 31.6. The van der Waals surface area contributed by atoms with E-state index in [0.29, 0.717) is 23.5 Å². The fraction of sp³-hybridized carbons (Fsp3) is 0.611. The third-order valence-corrected chi connectivity index (χ3v) is 6.87. The van der Waals surface area contributed by atoms with Gasteiger partial charge >= 0.3 is 0 Å². The molecule has 2 N–H and O–H groups in total. The zero-order valence-corrected chi connectivity index (χ0v) is 16.8. The van der Waals surface area contributed by atoms with Gasteiger partial charge in [-0.05, 0) is 43.6 Å². The van der Waals surface area contributed by atoms with Crippen LogP contribution in [0.25, 0.3) is 10.2 Å². The maximum Gasteiger partial charge on any atom is 0.263 e. The molecule has 2 aromatic heterocycles. The standard InChI is InChI=1S/C18H25N3O2S2/c1-9(2)8-21-17(23)14-12-6-5-10(3)7-13(12)25-16(14)20-18(21)24-11(4)15(19)22/h9-11H,5-8H2,1-4H3,(H2,19,22).